The van der Waals surface area contributed by atoms with Crippen LogP contribution in [-0.4, -0.2) is 12.4 Å². The highest BCUT2D eigenvalue weighted by Gasteiger charge is 2.20. The normalized spacial score (nSPS) is 17.3. The third-order valence-corrected chi connectivity index (χ3v) is 3.22. The maximum absolute atomic E-state index is 6.13. The minimum Gasteiger partial charge on any atom is -0.399 e. The Labute approximate surface area is 112 Å². The van der Waals surface area contributed by atoms with E-state index < -0.39 is 0 Å². The summed E-state index contributed by atoms with van der Waals surface area (Å²) in [5.41, 5.74) is 15.9. The van der Waals surface area contributed by atoms with E-state index in [1.54, 1.807) is 6.21 Å². The Morgan fingerprint density at radius 2 is 1.95 bits per heavy atom. The maximum atomic E-state index is 6.13. The lowest BCUT2D eigenvalue weighted by Crippen LogP contribution is -2.44. The van der Waals surface area contributed by atoms with E-state index in [2.05, 4.69) is 16.0 Å². The van der Waals surface area contributed by atoms with Gasteiger partial charge in [-0.3, -0.25) is 4.99 Å². The third-order valence-electron chi connectivity index (χ3n) is 3.22. The van der Waals surface area contributed by atoms with Crippen LogP contribution in [0.1, 0.15) is 5.56 Å². The minimum absolute atomic E-state index is 0.212. The summed E-state index contributed by atoms with van der Waals surface area (Å²) in [6, 6.07) is 15.9. The van der Waals surface area contributed by atoms with Crippen LogP contribution in [0, 0.1) is 0 Å². The van der Waals surface area contributed by atoms with Crippen molar-refractivity contribution in [3.8, 4) is 0 Å². The van der Waals surface area contributed by atoms with Crippen molar-refractivity contribution in [2.45, 2.75) is 12.7 Å². The fourth-order valence-electron chi connectivity index (χ4n) is 2.29. The number of nitrogens with two attached hydrogens (primary N) is 2. The van der Waals surface area contributed by atoms with Gasteiger partial charge < -0.3 is 16.4 Å². The van der Waals surface area contributed by atoms with Crippen molar-refractivity contribution in [1.29, 1.82) is 0 Å². The van der Waals surface area contributed by atoms with Gasteiger partial charge in [0, 0.05) is 18.4 Å². The van der Waals surface area contributed by atoms with Crippen LogP contribution in [0.3, 0.4) is 0 Å². The Balaban J connectivity index is 1.94. The van der Waals surface area contributed by atoms with Crippen LogP contribution >= 0.6 is 0 Å². The number of nitrogens with zero attached hydrogens (tertiary/aromatic N) is 2. The van der Waals surface area contributed by atoms with Gasteiger partial charge in [0.2, 0.25) is 0 Å². The fourth-order valence-corrected chi connectivity index (χ4v) is 2.29. The zero-order valence-electron chi connectivity index (χ0n) is 10.5. The molecule has 1 atom stereocenters. The molecule has 4 N–H and O–H groups in total. The van der Waals surface area contributed by atoms with Crippen molar-refractivity contribution >= 4 is 23.3 Å². The van der Waals surface area contributed by atoms with Gasteiger partial charge in [-0.25, -0.2) is 0 Å². The van der Waals surface area contributed by atoms with E-state index in [1.165, 1.54) is 0 Å². The average Bonchev–Trinajstić information content (AvgIpc) is 2.42. The molecule has 0 fully saturated rings. The van der Waals surface area contributed by atoms with Crippen LogP contribution in [-0.2, 0) is 6.54 Å². The van der Waals surface area contributed by atoms with Crippen LogP contribution in [0.5, 0.6) is 0 Å². The summed E-state index contributed by atoms with van der Waals surface area (Å²) in [6.07, 6.45) is 1.56. The first-order valence-electron chi connectivity index (χ1n) is 6.24. The van der Waals surface area contributed by atoms with Gasteiger partial charge in [-0.15, -0.1) is 0 Å². The first-order chi connectivity index (χ1) is 9.24. The molecule has 0 saturated heterocycles. The van der Waals surface area contributed by atoms with Crippen LogP contribution in [0.2, 0.25) is 0 Å². The van der Waals surface area contributed by atoms with Crippen molar-refractivity contribution in [2.75, 3.05) is 10.6 Å². The monoisotopic (exact) mass is 252 g/mol. The SMILES string of the molecule is Nc1cccc(CN2c3ccccc3N=CC2N)c1. The van der Waals surface area contributed by atoms with E-state index >= 15 is 0 Å². The largest absolute Gasteiger partial charge is 0.399 e. The summed E-state index contributed by atoms with van der Waals surface area (Å²) in [4.78, 5) is 6.49. The molecule has 0 aromatic heterocycles. The molecule has 4 nitrogen and oxygen atoms in total. The smallest absolute Gasteiger partial charge is 0.114 e. The van der Waals surface area contributed by atoms with Crippen molar-refractivity contribution < 1.29 is 0 Å². The van der Waals surface area contributed by atoms with Gasteiger partial charge in [0.05, 0.1) is 11.4 Å². The molecule has 2 aromatic rings. The van der Waals surface area contributed by atoms with E-state index in [9.17, 15) is 0 Å². The second-order valence-electron chi connectivity index (χ2n) is 4.63. The molecule has 0 aliphatic carbocycles. The quantitative estimate of drug-likeness (QED) is 0.806. The van der Waals surface area contributed by atoms with Crippen LogP contribution in [0.4, 0.5) is 17.1 Å². The summed E-state index contributed by atoms with van der Waals surface area (Å²) in [5, 5.41) is 0. The standard InChI is InChI=1S/C15H16N4/c16-12-5-3-4-11(8-12)10-19-14-7-2-1-6-13(14)18-9-15(19)17/h1-9,15H,10,16-17H2. The van der Waals surface area contributed by atoms with Gasteiger partial charge in [-0.2, -0.15) is 0 Å². The Morgan fingerprint density at radius 3 is 2.79 bits per heavy atom. The number of anilines is 2. The maximum Gasteiger partial charge on any atom is 0.114 e. The molecule has 0 radical (unpaired) electrons. The summed E-state index contributed by atoms with van der Waals surface area (Å²) in [5.74, 6) is 0. The van der Waals surface area contributed by atoms with Gasteiger partial charge >= 0.3 is 0 Å². The molecule has 0 saturated carbocycles. The molecule has 1 unspecified atom stereocenters. The van der Waals surface area contributed by atoms with Crippen molar-refractivity contribution in [1.82, 2.24) is 0 Å². The van der Waals surface area contributed by atoms with Gasteiger partial charge in [0.15, 0.2) is 0 Å². The van der Waals surface area contributed by atoms with Gasteiger partial charge in [0.1, 0.15) is 6.17 Å². The molecule has 3 rings (SSSR count). The third kappa shape index (κ3) is 2.30. The minimum atomic E-state index is -0.212. The number of nitrogen functional groups attached to an aromatic ring is 1. The number of hydrogen-bond acceptors (Lipinski definition) is 4. The van der Waals surface area contributed by atoms with Gasteiger partial charge in [-0.05, 0) is 29.8 Å². The highest BCUT2D eigenvalue weighted by molar-refractivity contribution is 5.83. The molecule has 2 aromatic carbocycles. The van der Waals surface area contributed by atoms with Crippen molar-refractivity contribution in [2.24, 2.45) is 10.7 Å². The lowest BCUT2D eigenvalue weighted by Gasteiger charge is -2.32. The molecule has 1 aliphatic heterocycles. The summed E-state index contributed by atoms with van der Waals surface area (Å²) >= 11 is 0. The first-order valence-corrected chi connectivity index (χ1v) is 6.24. The lowest BCUT2D eigenvalue weighted by atomic mass is 10.1. The summed E-state index contributed by atoms with van der Waals surface area (Å²) in [6.45, 7) is 0.717. The van der Waals surface area contributed by atoms with E-state index in [1.807, 2.05) is 42.5 Å². The fraction of sp³-hybridized carbons (Fsp3) is 0.133. The van der Waals surface area contributed by atoms with Crippen molar-refractivity contribution in [3.63, 3.8) is 0 Å². The molecular formula is C15H16N4. The van der Waals surface area contributed by atoms with Gasteiger partial charge in [0.25, 0.3) is 0 Å². The number of aliphatic imine (C=N–C) groups is 1. The molecular weight excluding hydrogens is 236 g/mol. The highest BCUT2D eigenvalue weighted by atomic mass is 15.2. The Bertz CT molecular complexity index is 621. The topological polar surface area (TPSA) is 67.6 Å². The number of benzene rings is 2. The molecule has 0 bridgehead atoms. The highest BCUT2D eigenvalue weighted by Crippen LogP contribution is 2.32. The Morgan fingerprint density at radius 1 is 1.11 bits per heavy atom. The zero-order valence-corrected chi connectivity index (χ0v) is 10.5. The predicted octanol–water partition coefficient (Wildman–Crippen LogP) is 2.28. The molecule has 1 heterocycles. The zero-order chi connectivity index (χ0) is 13.2. The van der Waals surface area contributed by atoms with Crippen LogP contribution in [0.25, 0.3) is 0 Å². The second-order valence-corrected chi connectivity index (χ2v) is 4.63. The number of fused-ring (bicyclic) bond motifs is 1. The van der Waals surface area contributed by atoms with E-state index in [0.29, 0.717) is 0 Å². The molecule has 19 heavy (non-hydrogen) atoms. The Hall–Kier alpha value is -2.33. The molecule has 0 amide bonds. The van der Waals surface area contributed by atoms with E-state index in [0.717, 1.165) is 29.2 Å². The predicted molar refractivity (Wildman–Crippen MR) is 79.6 cm³/mol. The Kier molecular flexibility index (Phi) is 2.93. The molecule has 4 heteroatoms. The van der Waals surface area contributed by atoms with Crippen LogP contribution < -0.4 is 16.4 Å². The molecule has 0 spiro atoms. The summed E-state index contributed by atoms with van der Waals surface area (Å²) < 4.78 is 0. The van der Waals surface area contributed by atoms with E-state index in [4.69, 9.17) is 11.5 Å². The van der Waals surface area contributed by atoms with Crippen LogP contribution in [0.15, 0.2) is 53.5 Å². The number of para-hydroxylation sites is 2. The van der Waals surface area contributed by atoms with Crippen molar-refractivity contribution in [3.05, 3.63) is 54.1 Å². The average molecular weight is 252 g/mol. The molecule has 96 valence electrons. The van der Waals surface area contributed by atoms with E-state index in [-0.39, 0.29) is 6.17 Å². The first kappa shape index (κ1) is 11.7. The number of hydrogen-bond donors (Lipinski definition) is 2. The van der Waals surface area contributed by atoms with Gasteiger partial charge in [-0.1, -0.05) is 24.3 Å². The second kappa shape index (κ2) is 4.74. The number of rotatable bonds is 2. The lowest BCUT2D eigenvalue weighted by molar-refractivity contribution is 0.738. The summed E-state index contributed by atoms with van der Waals surface area (Å²) in [7, 11) is 0. The molecule has 1 aliphatic rings.